The van der Waals surface area contributed by atoms with Gasteiger partial charge in [-0.3, -0.25) is 0 Å². The number of hydrogen-bond donors (Lipinski definition) is 1. The monoisotopic (exact) mass is 207 g/mol. The van der Waals surface area contributed by atoms with Gasteiger partial charge in [-0.25, -0.2) is 0 Å². The Bertz CT molecular complexity index is 256. The topological polar surface area (TPSA) is 21.3 Å². The first kappa shape index (κ1) is 12.1. The number of ether oxygens (including phenoxy) is 1. The van der Waals surface area contributed by atoms with Gasteiger partial charge in [0.05, 0.1) is 6.61 Å². The summed E-state index contributed by atoms with van der Waals surface area (Å²) in [6, 6.07) is 8.39. The molecule has 2 nitrogen and oxygen atoms in total. The van der Waals surface area contributed by atoms with Crippen LogP contribution in [0, 0.1) is 0 Å². The first-order chi connectivity index (χ1) is 7.36. The van der Waals surface area contributed by atoms with Gasteiger partial charge in [-0.15, -0.1) is 0 Å². The number of aryl methyl sites for hydroxylation is 1. The van der Waals surface area contributed by atoms with Crippen molar-refractivity contribution < 1.29 is 4.74 Å². The Morgan fingerprint density at radius 2 is 1.87 bits per heavy atom. The SMILES string of the molecule is CCNCCCc1ccc(OCC)cc1. The highest BCUT2D eigenvalue weighted by atomic mass is 16.5. The third kappa shape index (κ3) is 4.84. The lowest BCUT2D eigenvalue weighted by molar-refractivity contribution is 0.340. The Hall–Kier alpha value is -1.02. The molecule has 1 rings (SSSR count). The molecule has 0 fully saturated rings. The van der Waals surface area contributed by atoms with Crippen LogP contribution in [0.3, 0.4) is 0 Å². The highest BCUT2D eigenvalue weighted by molar-refractivity contribution is 5.27. The first-order valence-electron chi connectivity index (χ1n) is 5.79. The largest absolute Gasteiger partial charge is 0.494 e. The smallest absolute Gasteiger partial charge is 0.119 e. The second-order valence-electron chi connectivity index (χ2n) is 3.53. The molecule has 0 aliphatic carbocycles. The van der Waals surface area contributed by atoms with E-state index in [1.54, 1.807) is 0 Å². The van der Waals surface area contributed by atoms with E-state index in [0.717, 1.165) is 31.9 Å². The maximum absolute atomic E-state index is 5.39. The molecule has 1 N–H and O–H groups in total. The summed E-state index contributed by atoms with van der Waals surface area (Å²) in [7, 11) is 0. The molecule has 0 saturated carbocycles. The van der Waals surface area contributed by atoms with Crippen LogP contribution in [0.1, 0.15) is 25.8 Å². The molecule has 1 aromatic carbocycles. The van der Waals surface area contributed by atoms with Gasteiger partial charge in [0.1, 0.15) is 5.75 Å². The second kappa shape index (κ2) is 7.30. The van der Waals surface area contributed by atoms with Crippen molar-refractivity contribution in [2.24, 2.45) is 0 Å². The van der Waals surface area contributed by atoms with E-state index in [4.69, 9.17) is 4.74 Å². The maximum atomic E-state index is 5.39. The van der Waals surface area contributed by atoms with Crippen LogP contribution in [0.5, 0.6) is 5.75 Å². The van der Waals surface area contributed by atoms with Gasteiger partial charge in [-0.05, 0) is 50.6 Å². The van der Waals surface area contributed by atoms with E-state index >= 15 is 0 Å². The Labute approximate surface area is 92.6 Å². The average molecular weight is 207 g/mol. The minimum Gasteiger partial charge on any atom is -0.494 e. The van der Waals surface area contributed by atoms with Crippen LogP contribution in [0.4, 0.5) is 0 Å². The average Bonchev–Trinajstić information content (AvgIpc) is 2.27. The minimum atomic E-state index is 0.736. The maximum Gasteiger partial charge on any atom is 0.119 e. The third-order valence-corrected chi connectivity index (χ3v) is 2.30. The molecule has 84 valence electrons. The van der Waals surface area contributed by atoms with Gasteiger partial charge >= 0.3 is 0 Å². The molecule has 0 atom stereocenters. The molecule has 0 aromatic heterocycles. The molecule has 0 spiro atoms. The van der Waals surface area contributed by atoms with Crippen molar-refractivity contribution in [1.82, 2.24) is 5.32 Å². The van der Waals surface area contributed by atoms with E-state index in [1.807, 2.05) is 19.1 Å². The molecule has 0 aliphatic rings. The Morgan fingerprint density at radius 3 is 2.47 bits per heavy atom. The lowest BCUT2D eigenvalue weighted by atomic mass is 10.1. The van der Waals surface area contributed by atoms with Gasteiger partial charge in [0.15, 0.2) is 0 Å². The van der Waals surface area contributed by atoms with Crippen LogP contribution in [-0.2, 0) is 6.42 Å². The predicted octanol–water partition coefficient (Wildman–Crippen LogP) is 2.63. The molecular formula is C13H21NO. The van der Waals surface area contributed by atoms with Crippen LogP contribution in [0.15, 0.2) is 24.3 Å². The second-order valence-corrected chi connectivity index (χ2v) is 3.53. The Morgan fingerprint density at radius 1 is 1.13 bits per heavy atom. The summed E-state index contributed by atoms with van der Waals surface area (Å²) in [6.07, 6.45) is 2.33. The standard InChI is InChI=1S/C13H21NO/c1-3-14-11-5-6-12-7-9-13(10-8-12)15-4-2/h7-10,14H,3-6,11H2,1-2H3. The molecule has 0 heterocycles. The van der Waals surface area contributed by atoms with E-state index in [9.17, 15) is 0 Å². The Kier molecular flexibility index (Phi) is 5.86. The van der Waals surface area contributed by atoms with Crippen molar-refractivity contribution in [2.45, 2.75) is 26.7 Å². The quantitative estimate of drug-likeness (QED) is 0.694. The number of hydrogen-bond acceptors (Lipinski definition) is 2. The zero-order valence-electron chi connectivity index (χ0n) is 9.75. The van der Waals surface area contributed by atoms with Gasteiger partial charge in [-0.1, -0.05) is 19.1 Å². The van der Waals surface area contributed by atoms with Crippen molar-refractivity contribution in [3.63, 3.8) is 0 Å². The van der Waals surface area contributed by atoms with E-state index in [2.05, 4.69) is 24.4 Å². The molecule has 1 aromatic rings. The van der Waals surface area contributed by atoms with E-state index in [0.29, 0.717) is 0 Å². The van der Waals surface area contributed by atoms with Crippen LogP contribution >= 0.6 is 0 Å². The fourth-order valence-electron chi connectivity index (χ4n) is 1.51. The molecule has 0 bridgehead atoms. The molecule has 0 aliphatic heterocycles. The van der Waals surface area contributed by atoms with Gasteiger partial charge in [0, 0.05) is 0 Å². The van der Waals surface area contributed by atoms with E-state index in [-0.39, 0.29) is 0 Å². The summed E-state index contributed by atoms with van der Waals surface area (Å²) in [4.78, 5) is 0. The van der Waals surface area contributed by atoms with Crippen molar-refractivity contribution >= 4 is 0 Å². The van der Waals surface area contributed by atoms with E-state index < -0.39 is 0 Å². The molecular weight excluding hydrogens is 186 g/mol. The minimum absolute atomic E-state index is 0.736. The number of rotatable bonds is 7. The van der Waals surface area contributed by atoms with Crippen LogP contribution in [-0.4, -0.2) is 19.7 Å². The lowest BCUT2D eigenvalue weighted by Crippen LogP contribution is -2.14. The van der Waals surface area contributed by atoms with Gasteiger partial charge in [0.2, 0.25) is 0 Å². The molecule has 0 unspecified atom stereocenters. The summed E-state index contributed by atoms with van der Waals surface area (Å²) < 4.78 is 5.39. The summed E-state index contributed by atoms with van der Waals surface area (Å²) in [5, 5.41) is 3.33. The zero-order chi connectivity index (χ0) is 10.9. The molecule has 0 saturated heterocycles. The summed E-state index contributed by atoms with van der Waals surface area (Å²) in [5.41, 5.74) is 1.39. The number of nitrogens with one attached hydrogen (secondary N) is 1. The van der Waals surface area contributed by atoms with Crippen LogP contribution < -0.4 is 10.1 Å². The van der Waals surface area contributed by atoms with Crippen molar-refractivity contribution in [3.05, 3.63) is 29.8 Å². The fourth-order valence-corrected chi connectivity index (χ4v) is 1.51. The predicted molar refractivity (Wildman–Crippen MR) is 64.5 cm³/mol. The fraction of sp³-hybridized carbons (Fsp3) is 0.538. The molecule has 0 radical (unpaired) electrons. The third-order valence-electron chi connectivity index (χ3n) is 2.30. The van der Waals surface area contributed by atoms with Crippen LogP contribution in [0.25, 0.3) is 0 Å². The normalized spacial score (nSPS) is 10.3. The molecule has 15 heavy (non-hydrogen) atoms. The highest BCUT2D eigenvalue weighted by Gasteiger charge is 1.94. The number of benzene rings is 1. The van der Waals surface area contributed by atoms with Gasteiger partial charge < -0.3 is 10.1 Å². The van der Waals surface area contributed by atoms with Crippen molar-refractivity contribution in [1.29, 1.82) is 0 Å². The lowest BCUT2D eigenvalue weighted by Gasteiger charge is -2.05. The summed E-state index contributed by atoms with van der Waals surface area (Å²) in [5.74, 6) is 0.966. The zero-order valence-corrected chi connectivity index (χ0v) is 9.75. The molecule has 0 amide bonds. The summed E-state index contributed by atoms with van der Waals surface area (Å²) >= 11 is 0. The Balaban J connectivity index is 2.29. The van der Waals surface area contributed by atoms with E-state index in [1.165, 1.54) is 12.0 Å². The van der Waals surface area contributed by atoms with Gasteiger partial charge in [0.25, 0.3) is 0 Å². The molecule has 2 heteroatoms. The van der Waals surface area contributed by atoms with Crippen molar-refractivity contribution in [2.75, 3.05) is 19.7 Å². The highest BCUT2D eigenvalue weighted by Crippen LogP contribution is 2.12. The first-order valence-corrected chi connectivity index (χ1v) is 5.79. The van der Waals surface area contributed by atoms with Crippen LogP contribution in [0.2, 0.25) is 0 Å². The summed E-state index contributed by atoms with van der Waals surface area (Å²) in [6.45, 7) is 7.04. The van der Waals surface area contributed by atoms with Gasteiger partial charge in [-0.2, -0.15) is 0 Å². The van der Waals surface area contributed by atoms with Crippen molar-refractivity contribution in [3.8, 4) is 5.75 Å².